The molecule has 0 bridgehead atoms. The molecule has 0 saturated carbocycles. The first-order chi connectivity index (χ1) is 8.69. The minimum absolute atomic E-state index is 0.383. The highest BCUT2D eigenvalue weighted by Gasteiger charge is 2.41. The summed E-state index contributed by atoms with van der Waals surface area (Å²) >= 11 is 1.57. The maximum Gasteiger partial charge on any atom is 0.303 e. The largest absolute Gasteiger partial charge is 0.445 e. The second-order valence-corrected chi connectivity index (χ2v) is 5.00. The van der Waals surface area contributed by atoms with E-state index in [1.165, 1.54) is 6.92 Å². The lowest BCUT2D eigenvalue weighted by molar-refractivity contribution is -0.579. The van der Waals surface area contributed by atoms with Crippen LogP contribution in [0.5, 0.6) is 0 Å². The fraction of sp³-hybridized carbons (Fsp3) is 0.308. The first-order valence-electron chi connectivity index (χ1n) is 5.64. The van der Waals surface area contributed by atoms with Crippen molar-refractivity contribution in [1.29, 1.82) is 5.26 Å². The normalized spacial score (nSPS) is 17.3. The summed E-state index contributed by atoms with van der Waals surface area (Å²) in [5.41, 5.74) is 1.32. The number of carbonyl (C=O) groups excluding carboxylic acids is 1. The highest BCUT2D eigenvalue weighted by atomic mass is 32.2. The van der Waals surface area contributed by atoms with Crippen LogP contribution in [0.3, 0.4) is 0 Å². The average molecular weight is 261 g/mol. The maximum atomic E-state index is 11.2. The number of aromatic nitrogens is 1. The van der Waals surface area contributed by atoms with E-state index in [1.807, 2.05) is 35.9 Å². The zero-order valence-corrected chi connectivity index (χ0v) is 11.0. The van der Waals surface area contributed by atoms with Crippen molar-refractivity contribution in [2.75, 3.05) is 5.75 Å². The van der Waals surface area contributed by atoms with Gasteiger partial charge in [-0.15, -0.1) is 0 Å². The molecule has 0 N–H and O–H groups in total. The number of carbonyl (C=O) groups is 1. The van der Waals surface area contributed by atoms with Gasteiger partial charge in [-0.25, -0.2) is 0 Å². The summed E-state index contributed by atoms with van der Waals surface area (Å²) in [6.07, 6.45) is 1.30. The number of fused-ring (bicyclic) bond motifs is 1. The second-order valence-electron chi connectivity index (χ2n) is 3.75. The number of hydrogen-bond acceptors (Lipinski definition) is 4. The van der Waals surface area contributed by atoms with Crippen LogP contribution in [0.15, 0.2) is 30.0 Å². The summed E-state index contributed by atoms with van der Waals surface area (Å²) in [6.45, 7) is 3.38. The highest BCUT2D eigenvalue weighted by molar-refractivity contribution is 8.07. The fourth-order valence-corrected chi connectivity index (χ4v) is 2.81. The lowest BCUT2D eigenvalue weighted by Gasteiger charge is -2.06. The quantitative estimate of drug-likeness (QED) is 0.617. The second kappa shape index (κ2) is 5.23. The van der Waals surface area contributed by atoms with Gasteiger partial charge in [-0.3, -0.25) is 4.79 Å². The van der Waals surface area contributed by atoms with E-state index in [0.717, 1.165) is 16.5 Å². The Kier molecular flexibility index (Phi) is 3.68. The van der Waals surface area contributed by atoms with E-state index in [4.69, 9.17) is 4.74 Å². The van der Waals surface area contributed by atoms with E-state index in [2.05, 4.69) is 6.07 Å². The highest BCUT2D eigenvalue weighted by Crippen LogP contribution is 2.36. The molecule has 1 unspecified atom stereocenters. The van der Waals surface area contributed by atoms with E-state index in [9.17, 15) is 10.1 Å². The van der Waals surface area contributed by atoms with Crippen molar-refractivity contribution in [1.82, 2.24) is 0 Å². The van der Waals surface area contributed by atoms with Gasteiger partial charge >= 0.3 is 5.97 Å². The molecule has 1 aliphatic rings. The van der Waals surface area contributed by atoms with E-state index in [-0.39, 0.29) is 5.97 Å². The molecule has 1 atom stereocenters. The molecule has 92 valence electrons. The van der Waals surface area contributed by atoms with Crippen LogP contribution in [0.1, 0.15) is 25.6 Å². The van der Waals surface area contributed by atoms with Crippen molar-refractivity contribution in [3.8, 4) is 6.07 Å². The molecule has 2 rings (SSSR count). The van der Waals surface area contributed by atoms with Gasteiger partial charge in [-0.2, -0.15) is 9.83 Å². The molecule has 0 radical (unpaired) electrons. The smallest absolute Gasteiger partial charge is 0.303 e. The van der Waals surface area contributed by atoms with Crippen LogP contribution in [-0.2, 0) is 9.53 Å². The number of ether oxygens (including phenoxy) is 1. The zero-order valence-electron chi connectivity index (χ0n) is 10.2. The third-order valence-electron chi connectivity index (χ3n) is 2.56. The van der Waals surface area contributed by atoms with Gasteiger partial charge in [0.2, 0.25) is 11.8 Å². The lowest BCUT2D eigenvalue weighted by Crippen LogP contribution is -2.32. The molecular formula is C13H13N2O2S+. The molecule has 0 aromatic carbocycles. The minimum atomic E-state index is -0.581. The SMILES string of the molecule is CCSC1=C(C#N)C(OC(C)=O)c2cccc[n+]21. The van der Waals surface area contributed by atoms with Crippen LogP contribution < -0.4 is 4.57 Å². The minimum Gasteiger partial charge on any atom is -0.445 e. The van der Waals surface area contributed by atoms with Gasteiger partial charge in [-0.05, 0) is 6.07 Å². The fourth-order valence-electron chi connectivity index (χ4n) is 1.92. The number of nitriles is 1. The van der Waals surface area contributed by atoms with E-state index < -0.39 is 6.10 Å². The molecule has 1 aromatic rings. The first kappa shape index (κ1) is 12.7. The molecule has 1 aliphatic heterocycles. The monoisotopic (exact) mass is 261 g/mol. The van der Waals surface area contributed by atoms with Crippen LogP contribution in [0.2, 0.25) is 0 Å². The van der Waals surface area contributed by atoms with E-state index in [1.54, 1.807) is 11.8 Å². The summed E-state index contributed by atoms with van der Waals surface area (Å²) in [5.74, 6) is 0.472. The standard InChI is InChI=1S/C13H13N2O2S/c1-3-18-13-10(8-14)12(17-9(2)16)11-6-4-5-7-15(11)13/h4-7,12H,3H2,1-2H3/q+1. The molecule has 0 saturated heterocycles. The van der Waals surface area contributed by atoms with Crippen LogP contribution in [0.4, 0.5) is 0 Å². The van der Waals surface area contributed by atoms with Crippen molar-refractivity contribution in [3.05, 3.63) is 35.7 Å². The van der Waals surface area contributed by atoms with Gasteiger partial charge in [0.25, 0.3) is 5.03 Å². The Balaban J connectivity index is 2.53. The van der Waals surface area contributed by atoms with Gasteiger partial charge in [-0.1, -0.05) is 18.7 Å². The van der Waals surface area contributed by atoms with E-state index in [0.29, 0.717) is 5.57 Å². The third kappa shape index (κ3) is 2.12. The number of hydrogen-bond donors (Lipinski definition) is 0. The van der Waals surface area contributed by atoms with Gasteiger partial charge in [0.05, 0.1) is 0 Å². The van der Waals surface area contributed by atoms with Crippen LogP contribution >= 0.6 is 11.8 Å². The van der Waals surface area contributed by atoms with Crippen molar-refractivity contribution < 1.29 is 14.1 Å². The van der Waals surface area contributed by atoms with Gasteiger partial charge in [0, 0.05) is 24.8 Å². The molecule has 0 amide bonds. The van der Waals surface area contributed by atoms with Crippen molar-refractivity contribution in [2.24, 2.45) is 0 Å². The molecule has 0 fully saturated rings. The summed E-state index contributed by atoms with van der Waals surface area (Å²) in [6, 6.07) is 7.80. The third-order valence-corrected chi connectivity index (χ3v) is 3.54. The topological polar surface area (TPSA) is 54.0 Å². The molecule has 5 heteroatoms. The number of rotatable bonds is 3. The van der Waals surface area contributed by atoms with Gasteiger partial charge < -0.3 is 4.74 Å². The average Bonchev–Trinajstić information content (AvgIpc) is 2.64. The number of nitrogens with zero attached hydrogens (tertiary/aromatic N) is 2. The van der Waals surface area contributed by atoms with Crippen LogP contribution in [0, 0.1) is 11.3 Å². The van der Waals surface area contributed by atoms with Crippen LogP contribution in [0.25, 0.3) is 5.03 Å². The maximum absolute atomic E-state index is 11.2. The molecule has 4 nitrogen and oxygen atoms in total. The summed E-state index contributed by atoms with van der Waals surface area (Å²) in [5, 5.41) is 10.1. The van der Waals surface area contributed by atoms with Crippen LogP contribution in [-0.4, -0.2) is 11.7 Å². The van der Waals surface area contributed by atoms with Gasteiger partial charge in [0.1, 0.15) is 6.07 Å². The Morgan fingerprint density at radius 3 is 3.00 bits per heavy atom. The lowest BCUT2D eigenvalue weighted by atomic mass is 10.1. The Morgan fingerprint density at radius 2 is 2.39 bits per heavy atom. The molecule has 1 aromatic heterocycles. The number of esters is 1. The summed E-state index contributed by atoms with van der Waals surface area (Å²) < 4.78 is 7.18. The van der Waals surface area contributed by atoms with Crippen molar-refractivity contribution in [3.63, 3.8) is 0 Å². The first-order valence-corrected chi connectivity index (χ1v) is 6.62. The molecule has 2 heterocycles. The molecule has 18 heavy (non-hydrogen) atoms. The predicted octanol–water partition coefficient (Wildman–Crippen LogP) is 2.04. The van der Waals surface area contributed by atoms with Gasteiger partial charge in [0.15, 0.2) is 11.8 Å². The molecule has 0 aliphatic carbocycles. The Bertz CT molecular complexity index is 560. The van der Waals surface area contributed by atoms with Crippen molar-refractivity contribution in [2.45, 2.75) is 20.0 Å². The summed E-state index contributed by atoms with van der Waals surface area (Å²) in [7, 11) is 0. The Morgan fingerprint density at radius 1 is 1.61 bits per heavy atom. The predicted molar refractivity (Wildman–Crippen MR) is 68.1 cm³/mol. The number of pyridine rings is 1. The van der Waals surface area contributed by atoms with Crippen molar-refractivity contribution >= 4 is 22.8 Å². The summed E-state index contributed by atoms with van der Waals surface area (Å²) in [4.78, 5) is 11.2. The molecule has 0 spiro atoms. The van der Waals surface area contributed by atoms with E-state index >= 15 is 0 Å². The Hall–Kier alpha value is -1.80. The molecular weight excluding hydrogens is 248 g/mol. The Labute approximate surface area is 110 Å². The zero-order chi connectivity index (χ0) is 13.1. The number of thioether (sulfide) groups is 1.